The molecule has 0 unspecified atom stereocenters. The smallest absolute Gasteiger partial charge is 0.160 e. The number of pyridine rings is 2. The molecule has 16 rings (SSSR count). The molecular formula is C86H58N6. The van der Waals surface area contributed by atoms with Crippen LogP contribution >= 0.6 is 0 Å². The Kier molecular flexibility index (Phi) is 15.7. The van der Waals surface area contributed by atoms with Crippen LogP contribution in [0.5, 0.6) is 0 Å². The van der Waals surface area contributed by atoms with E-state index in [4.69, 9.17) is 19.9 Å². The Hall–Kier alpha value is -12.4. The Morgan fingerprint density at radius 1 is 0.174 bits per heavy atom. The van der Waals surface area contributed by atoms with E-state index in [1.165, 1.54) is 43.8 Å². The van der Waals surface area contributed by atoms with E-state index < -0.39 is 0 Å². The predicted octanol–water partition coefficient (Wildman–Crippen LogP) is 22.1. The van der Waals surface area contributed by atoms with Crippen molar-refractivity contribution in [2.75, 3.05) is 0 Å². The van der Waals surface area contributed by atoms with E-state index in [1.807, 2.05) is 36.7 Å². The van der Waals surface area contributed by atoms with Gasteiger partial charge in [-0.05, 0) is 132 Å². The molecule has 0 saturated heterocycles. The van der Waals surface area contributed by atoms with E-state index in [-0.39, 0.29) is 0 Å². The molecule has 6 heteroatoms. The average Bonchev–Trinajstić information content (AvgIpc) is 0.909. The molecule has 0 aliphatic rings. The monoisotopic (exact) mass is 1170 g/mol. The first-order valence-electron chi connectivity index (χ1n) is 30.9. The summed E-state index contributed by atoms with van der Waals surface area (Å²) < 4.78 is 0. The summed E-state index contributed by atoms with van der Waals surface area (Å²) in [5, 5.41) is 4.95. The number of fused-ring (bicyclic) bond motifs is 2. The van der Waals surface area contributed by atoms with Gasteiger partial charge < -0.3 is 0 Å². The summed E-state index contributed by atoms with van der Waals surface area (Å²) >= 11 is 0. The number of hydrogen-bond acceptors (Lipinski definition) is 6. The first kappa shape index (κ1) is 56.2. The highest BCUT2D eigenvalue weighted by atomic mass is 14.9. The van der Waals surface area contributed by atoms with Crippen molar-refractivity contribution in [2.24, 2.45) is 0 Å². The first-order valence-corrected chi connectivity index (χ1v) is 30.9. The molecule has 4 heterocycles. The van der Waals surface area contributed by atoms with Gasteiger partial charge in [-0.15, -0.1) is 0 Å². The van der Waals surface area contributed by atoms with Gasteiger partial charge >= 0.3 is 0 Å². The van der Waals surface area contributed by atoms with Gasteiger partial charge in [-0.2, -0.15) is 0 Å². The van der Waals surface area contributed by atoms with Gasteiger partial charge in [0.25, 0.3) is 0 Å². The SMILES string of the molecule is c1ccc(-c2cccc(-c3cc(-c4cccc(-c5cccnc5)c4)nc(-c4ccc(-c5ccc6ccccc6c5)cc4)n3)c2)cc1.c1ccc(-c2cccc(-c3cc(-c4cccc(-c5cccnc5)c4)nc(-c4ccc(-c5cccc6ccccc56)cc4)n3)c2)cc1. The van der Waals surface area contributed by atoms with Gasteiger partial charge in [-0.3, -0.25) is 9.97 Å². The summed E-state index contributed by atoms with van der Waals surface area (Å²) in [5.41, 5.74) is 23.3. The van der Waals surface area contributed by atoms with Crippen LogP contribution in [0.4, 0.5) is 0 Å². The van der Waals surface area contributed by atoms with Crippen LogP contribution in [0.15, 0.2) is 352 Å². The lowest BCUT2D eigenvalue weighted by Gasteiger charge is -2.12. The van der Waals surface area contributed by atoms with Crippen LogP contribution in [0.25, 0.3) is 156 Å². The van der Waals surface area contributed by atoms with E-state index in [0.717, 1.165) is 101 Å². The minimum absolute atomic E-state index is 0.689. The lowest BCUT2D eigenvalue weighted by molar-refractivity contribution is 1.18. The van der Waals surface area contributed by atoms with Gasteiger partial charge in [0.2, 0.25) is 0 Å². The molecule has 0 aliphatic heterocycles. The fraction of sp³-hybridized carbons (Fsp3) is 0. The van der Waals surface area contributed by atoms with Crippen LogP contribution in [-0.4, -0.2) is 29.9 Å². The molecule has 6 nitrogen and oxygen atoms in total. The van der Waals surface area contributed by atoms with Crippen LogP contribution < -0.4 is 0 Å². The summed E-state index contributed by atoms with van der Waals surface area (Å²) in [4.78, 5) is 29.2. The van der Waals surface area contributed by atoms with E-state index >= 15 is 0 Å². The standard InChI is InChI=1S/2C43H29N3/c1-2-10-30(11-3-1)34-14-6-16-36(26-34)41-28-42(37-17-7-15-35(27-37)38-18-9-25-44-29-38)46-43(45-41)33-23-21-32(22-24-33)40-20-8-13-31-12-4-5-19-39(31)40;1-2-9-30(10-3-1)35-13-6-15-38(26-35)41-28-42(39-16-7-14-36(27-39)40-17-8-24-44-29-40)46-43(45-41)33-21-18-32(19-22-33)37-23-20-31-11-4-5-12-34(31)25-37/h2*1-29H. The normalized spacial score (nSPS) is 11.0. The van der Waals surface area contributed by atoms with Crippen molar-refractivity contribution in [3.05, 3.63) is 352 Å². The van der Waals surface area contributed by atoms with Crippen LogP contribution in [0.3, 0.4) is 0 Å². The summed E-state index contributed by atoms with van der Waals surface area (Å²) in [6, 6.07) is 115. The number of benzene rings is 12. The van der Waals surface area contributed by atoms with E-state index in [0.29, 0.717) is 11.6 Å². The second-order valence-electron chi connectivity index (χ2n) is 22.7. The summed E-state index contributed by atoms with van der Waals surface area (Å²) in [7, 11) is 0. The van der Waals surface area contributed by atoms with Crippen LogP contribution in [0.1, 0.15) is 0 Å². The zero-order valence-electron chi connectivity index (χ0n) is 50.2. The van der Waals surface area contributed by atoms with E-state index in [1.54, 1.807) is 12.4 Å². The summed E-state index contributed by atoms with van der Waals surface area (Å²) in [6.45, 7) is 0. The zero-order chi connectivity index (χ0) is 61.4. The van der Waals surface area contributed by atoms with Crippen molar-refractivity contribution < 1.29 is 0 Å². The van der Waals surface area contributed by atoms with Gasteiger partial charge in [-0.1, -0.05) is 273 Å². The van der Waals surface area contributed by atoms with Gasteiger partial charge in [0.1, 0.15) is 0 Å². The fourth-order valence-electron chi connectivity index (χ4n) is 12.0. The Labute approximate surface area is 535 Å². The third-order valence-electron chi connectivity index (χ3n) is 16.8. The average molecular weight is 1180 g/mol. The maximum absolute atomic E-state index is 5.15. The molecule has 0 radical (unpaired) electrons. The molecule has 4 aromatic heterocycles. The molecule has 0 aliphatic carbocycles. The van der Waals surface area contributed by atoms with E-state index in [2.05, 4.69) is 313 Å². The topological polar surface area (TPSA) is 77.3 Å². The van der Waals surface area contributed by atoms with Gasteiger partial charge in [0.15, 0.2) is 11.6 Å². The van der Waals surface area contributed by atoms with Crippen molar-refractivity contribution in [3.8, 4) is 135 Å². The highest BCUT2D eigenvalue weighted by molar-refractivity contribution is 5.97. The summed E-state index contributed by atoms with van der Waals surface area (Å²) in [6.07, 6.45) is 7.38. The summed E-state index contributed by atoms with van der Waals surface area (Å²) in [5.74, 6) is 1.38. The maximum Gasteiger partial charge on any atom is 0.160 e. The van der Waals surface area contributed by atoms with Crippen molar-refractivity contribution in [3.63, 3.8) is 0 Å². The Morgan fingerprint density at radius 3 is 0.967 bits per heavy atom. The number of aromatic nitrogens is 6. The molecule has 0 bridgehead atoms. The van der Waals surface area contributed by atoms with Gasteiger partial charge in [0, 0.05) is 69.3 Å². The number of nitrogens with zero attached hydrogens (tertiary/aromatic N) is 6. The quantitative estimate of drug-likeness (QED) is 0.121. The molecule has 92 heavy (non-hydrogen) atoms. The highest BCUT2D eigenvalue weighted by Gasteiger charge is 2.16. The number of rotatable bonds is 12. The molecule has 0 spiro atoms. The van der Waals surface area contributed by atoms with Crippen LogP contribution in [-0.2, 0) is 0 Å². The van der Waals surface area contributed by atoms with Crippen molar-refractivity contribution in [1.29, 1.82) is 0 Å². The molecule has 0 N–H and O–H groups in total. The lowest BCUT2D eigenvalue weighted by atomic mass is 9.97. The van der Waals surface area contributed by atoms with Crippen molar-refractivity contribution in [2.45, 2.75) is 0 Å². The molecule has 0 fully saturated rings. The molecule has 432 valence electrons. The maximum atomic E-state index is 5.15. The molecule has 0 amide bonds. The lowest BCUT2D eigenvalue weighted by Crippen LogP contribution is -1.96. The number of hydrogen-bond donors (Lipinski definition) is 0. The van der Waals surface area contributed by atoms with Crippen LogP contribution in [0, 0.1) is 0 Å². The third-order valence-corrected chi connectivity index (χ3v) is 16.8. The van der Waals surface area contributed by atoms with E-state index in [9.17, 15) is 0 Å². The highest BCUT2D eigenvalue weighted by Crippen LogP contribution is 2.37. The molecule has 0 atom stereocenters. The van der Waals surface area contributed by atoms with Gasteiger partial charge in [-0.25, -0.2) is 19.9 Å². The Bertz CT molecular complexity index is 5040. The molecule has 12 aromatic carbocycles. The molecule has 16 aromatic rings. The minimum atomic E-state index is 0.689. The molecule has 0 saturated carbocycles. The largest absolute Gasteiger partial charge is 0.264 e. The van der Waals surface area contributed by atoms with Crippen molar-refractivity contribution in [1.82, 2.24) is 29.9 Å². The first-order chi connectivity index (χ1) is 45.5. The van der Waals surface area contributed by atoms with Crippen molar-refractivity contribution >= 4 is 21.5 Å². The second-order valence-corrected chi connectivity index (χ2v) is 22.7. The zero-order valence-corrected chi connectivity index (χ0v) is 50.2. The predicted molar refractivity (Wildman–Crippen MR) is 380 cm³/mol. The Balaban J connectivity index is 0.000000153. The van der Waals surface area contributed by atoms with Gasteiger partial charge in [0.05, 0.1) is 22.8 Å². The molecular weight excluding hydrogens is 1120 g/mol. The van der Waals surface area contributed by atoms with Crippen LogP contribution in [0.2, 0.25) is 0 Å². The third kappa shape index (κ3) is 12.3. The fourth-order valence-corrected chi connectivity index (χ4v) is 12.0. The minimum Gasteiger partial charge on any atom is -0.264 e. The Morgan fingerprint density at radius 2 is 0.500 bits per heavy atom. The second kappa shape index (κ2) is 25.8.